The van der Waals surface area contributed by atoms with Gasteiger partial charge in [-0.3, -0.25) is 9.78 Å². The van der Waals surface area contributed by atoms with Crippen LogP contribution in [-0.2, 0) is 4.79 Å². The lowest BCUT2D eigenvalue weighted by Gasteiger charge is -2.17. The third kappa shape index (κ3) is 4.86. The number of carbonyl (C=O) groups is 1. The van der Waals surface area contributed by atoms with Gasteiger partial charge in [-0.25, -0.2) is 0 Å². The van der Waals surface area contributed by atoms with E-state index in [1.165, 1.54) is 0 Å². The van der Waals surface area contributed by atoms with E-state index in [9.17, 15) is 4.79 Å². The van der Waals surface area contributed by atoms with Crippen LogP contribution in [0, 0.1) is 12.8 Å². The molecule has 0 aliphatic carbocycles. The molecule has 0 aliphatic heterocycles. The predicted molar refractivity (Wildman–Crippen MR) is 74.2 cm³/mol. The molecule has 0 aromatic carbocycles. The second-order valence-electron chi connectivity index (χ2n) is 5.22. The minimum Gasteiger partial charge on any atom is -0.348 e. The predicted octanol–water partition coefficient (Wildman–Crippen LogP) is 3.39. The SMILES string of the molecule is CCC(NC(=O)CCC(C)C)c1ccc(C)cn1. The van der Waals surface area contributed by atoms with Crippen LogP contribution in [-0.4, -0.2) is 10.9 Å². The normalized spacial score (nSPS) is 12.5. The zero-order chi connectivity index (χ0) is 13.5. The van der Waals surface area contributed by atoms with E-state index in [-0.39, 0.29) is 11.9 Å². The van der Waals surface area contributed by atoms with Crippen molar-refractivity contribution in [2.24, 2.45) is 5.92 Å². The van der Waals surface area contributed by atoms with Crippen LogP contribution in [0.2, 0.25) is 0 Å². The fourth-order valence-electron chi connectivity index (χ4n) is 1.76. The molecule has 0 radical (unpaired) electrons. The highest BCUT2D eigenvalue weighted by atomic mass is 16.1. The topological polar surface area (TPSA) is 42.0 Å². The molecule has 0 aliphatic rings. The van der Waals surface area contributed by atoms with Crippen molar-refractivity contribution in [3.63, 3.8) is 0 Å². The Kier molecular flexibility index (Phi) is 5.83. The van der Waals surface area contributed by atoms with Gasteiger partial charge in [0, 0.05) is 12.6 Å². The van der Waals surface area contributed by atoms with Crippen LogP contribution in [0.15, 0.2) is 18.3 Å². The van der Waals surface area contributed by atoms with Gasteiger partial charge in [0.25, 0.3) is 0 Å². The Labute approximate surface area is 110 Å². The summed E-state index contributed by atoms with van der Waals surface area (Å²) in [5.41, 5.74) is 2.08. The summed E-state index contributed by atoms with van der Waals surface area (Å²) in [6, 6.07) is 4.06. The number of nitrogens with one attached hydrogen (secondary N) is 1. The molecule has 3 heteroatoms. The number of aromatic nitrogens is 1. The number of hydrogen-bond acceptors (Lipinski definition) is 2. The summed E-state index contributed by atoms with van der Waals surface area (Å²) in [6.07, 6.45) is 4.24. The molecule has 0 bridgehead atoms. The van der Waals surface area contributed by atoms with Crippen molar-refractivity contribution in [3.8, 4) is 0 Å². The third-order valence-electron chi connectivity index (χ3n) is 2.98. The Hall–Kier alpha value is -1.38. The fourth-order valence-corrected chi connectivity index (χ4v) is 1.76. The maximum atomic E-state index is 11.8. The summed E-state index contributed by atoms with van der Waals surface area (Å²) in [4.78, 5) is 16.2. The molecule has 1 unspecified atom stereocenters. The average molecular weight is 248 g/mol. The van der Waals surface area contributed by atoms with E-state index >= 15 is 0 Å². The highest BCUT2D eigenvalue weighted by Gasteiger charge is 2.13. The Morgan fingerprint density at radius 1 is 1.39 bits per heavy atom. The van der Waals surface area contributed by atoms with Gasteiger partial charge < -0.3 is 5.32 Å². The van der Waals surface area contributed by atoms with Gasteiger partial charge in [-0.2, -0.15) is 0 Å². The molecule has 1 atom stereocenters. The number of hydrogen-bond donors (Lipinski definition) is 1. The van der Waals surface area contributed by atoms with Crippen molar-refractivity contribution >= 4 is 5.91 Å². The maximum absolute atomic E-state index is 11.8. The van der Waals surface area contributed by atoms with Crippen molar-refractivity contribution in [2.75, 3.05) is 0 Å². The van der Waals surface area contributed by atoms with E-state index in [2.05, 4.69) is 31.1 Å². The Morgan fingerprint density at radius 3 is 2.61 bits per heavy atom. The second kappa shape index (κ2) is 7.14. The molecule has 1 heterocycles. The maximum Gasteiger partial charge on any atom is 0.220 e. The zero-order valence-electron chi connectivity index (χ0n) is 11.9. The molecule has 18 heavy (non-hydrogen) atoms. The van der Waals surface area contributed by atoms with Crippen LogP contribution in [0.1, 0.15) is 57.3 Å². The van der Waals surface area contributed by atoms with Gasteiger partial charge in [0.1, 0.15) is 0 Å². The second-order valence-corrected chi connectivity index (χ2v) is 5.22. The molecule has 3 nitrogen and oxygen atoms in total. The fraction of sp³-hybridized carbons (Fsp3) is 0.600. The summed E-state index contributed by atoms with van der Waals surface area (Å²) in [6.45, 7) is 8.34. The third-order valence-corrected chi connectivity index (χ3v) is 2.98. The summed E-state index contributed by atoms with van der Waals surface area (Å²) in [5.74, 6) is 0.686. The smallest absolute Gasteiger partial charge is 0.220 e. The molecule has 100 valence electrons. The van der Waals surface area contributed by atoms with Crippen molar-refractivity contribution in [2.45, 2.75) is 53.0 Å². The summed E-state index contributed by atoms with van der Waals surface area (Å²) >= 11 is 0. The number of pyridine rings is 1. The number of rotatable bonds is 6. The van der Waals surface area contributed by atoms with Crippen molar-refractivity contribution in [1.29, 1.82) is 0 Å². The van der Waals surface area contributed by atoms with E-state index in [1.54, 1.807) is 0 Å². The molecule has 1 rings (SSSR count). The Morgan fingerprint density at radius 2 is 2.11 bits per heavy atom. The first kappa shape index (κ1) is 14.7. The summed E-state index contributed by atoms with van der Waals surface area (Å²) in [5, 5.41) is 3.06. The molecule has 1 N–H and O–H groups in total. The lowest BCUT2D eigenvalue weighted by Crippen LogP contribution is -2.28. The minimum atomic E-state index is 0.0327. The van der Waals surface area contributed by atoms with Gasteiger partial charge in [-0.15, -0.1) is 0 Å². The molecule has 1 amide bonds. The van der Waals surface area contributed by atoms with Gasteiger partial charge in [-0.05, 0) is 37.3 Å². The van der Waals surface area contributed by atoms with E-state index in [0.29, 0.717) is 12.3 Å². The molecule has 0 fully saturated rings. The number of amides is 1. The molecule has 0 saturated carbocycles. The highest BCUT2D eigenvalue weighted by Crippen LogP contribution is 2.15. The summed E-state index contributed by atoms with van der Waals surface area (Å²) < 4.78 is 0. The van der Waals surface area contributed by atoms with Crippen LogP contribution >= 0.6 is 0 Å². The lowest BCUT2D eigenvalue weighted by atomic mass is 10.1. The zero-order valence-corrected chi connectivity index (χ0v) is 11.9. The first-order valence-electron chi connectivity index (χ1n) is 6.74. The number of nitrogens with zero attached hydrogens (tertiary/aromatic N) is 1. The molecular formula is C15H24N2O. The number of carbonyl (C=O) groups excluding carboxylic acids is 1. The first-order chi connectivity index (χ1) is 8.52. The van der Waals surface area contributed by atoms with Gasteiger partial charge in [0.05, 0.1) is 11.7 Å². The molecule has 0 saturated heterocycles. The van der Waals surface area contributed by atoms with Crippen molar-refractivity contribution < 1.29 is 4.79 Å². The van der Waals surface area contributed by atoms with E-state index in [0.717, 1.165) is 24.1 Å². The Balaban J connectivity index is 2.56. The van der Waals surface area contributed by atoms with Gasteiger partial charge in [-0.1, -0.05) is 26.8 Å². The average Bonchev–Trinajstić information content (AvgIpc) is 2.34. The molecule has 1 aromatic heterocycles. The van der Waals surface area contributed by atoms with Crippen LogP contribution in [0.5, 0.6) is 0 Å². The van der Waals surface area contributed by atoms with Crippen LogP contribution < -0.4 is 5.32 Å². The Bertz CT molecular complexity index is 371. The van der Waals surface area contributed by atoms with Crippen LogP contribution in [0.25, 0.3) is 0 Å². The molecule has 0 spiro atoms. The number of aryl methyl sites for hydroxylation is 1. The van der Waals surface area contributed by atoms with Crippen molar-refractivity contribution in [1.82, 2.24) is 10.3 Å². The highest BCUT2D eigenvalue weighted by molar-refractivity contribution is 5.76. The van der Waals surface area contributed by atoms with E-state index in [1.807, 2.05) is 25.3 Å². The van der Waals surface area contributed by atoms with Gasteiger partial charge in [0.2, 0.25) is 5.91 Å². The van der Waals surface area contributed by atoms with Crippen LogP contribution in [0.3, 0.4) is 0 Å². The van der Waals surface area contributed by atoms with Crippen molar-refractivity contribution in [3.05, 3.63) is 29.6 Å². The first-order valence-corrected chi connectivity index (χ1v) is 6.74. The summed E-state index contributed by atoms with van der Waals surface area (Å²) in [7, 11) is 0. The monoisotopic (exact) mass is 248 g/mol. The largest absolute Gasteiger partial charge is 0.348 e. The van der Waals surface area contributed by atoms with E-state index in [4.69, 9.17) is 0 Å². The minimum absolute atomic E-state index is 0.0327. The van der Waals surface area contributed by atoms with Crippen LogP contribution in [0.4, 0.5) is 0 Å². The standard InChI is InChI=1S/C15H24N2O/c1-5-13(14-8-7-12(4)10-16-14)17-15(18)9-6-11(2)3/h7-8,10-11,13H,5-6,9H2,1-4H3,(H,17,18). The van der Waals surface area contributed by atoms with Gasteiger partial charge >= 0.3 is 0 Å². The molecular weight excluding hydrogens is 224 g/mol. The van der Waals surface area contributed by atoms with Gasteiger partial charge in [0.15, 0.2) is 0 Å². The quantitative estimate of drug-likeness (QED) is 0.838. The van der Waals surface area contributed by atoms with E-state index < -0.39 is 0 Å². The lowest BCUT2D eigenvalue weighted by molar-refractivity contribution is -0.122. The molecule has 1 aromatic rings.